The van der Waals surface area contributed by atoms with Crippen LogP contribution in [0.2, 0.25) is 0 Å². The Morgan fingerprint density at radius 3 is 2.92 bits per heavy atom. The first-order chi connectivity index (χ1) is 17.4. The van der Waals surface area contributed by atoms with Gasteiger partial charge in [0.05, 0.1) is 35.6 Å². The fourth-order valence-electron chi connectivity index (χ4n) is 5.56. The van der Waals surface area contributed by atoms with Gasteiger partial charge in [0.25, 0.3) is 0 Å². The van der Waals surface area contributed by atoms with Crippen LogP contribution < -0.4 is 10.2 Å². The van der Waals surface area contributed by atoms with Gasteiger partial charge in [-0.3, -0.25) is 9.48 Å². The number of aliphatic hydroxyl groups is 1. The van der Waals surface area contributed by atoms with E-state index in [0.29, 0.717) is 30.4 Å². The lowest BCUT2D eigenvalue weighted by atomic mass is 9.93. The fraction of sp³-hybridized carbons (Fsp3) is 0.500. The van der Waals surface area contributed by atoms with Crippen molar-refractivity contribution >= 4 is 45.7 Å². The zero-order chi connectivity index (χ0) is 25.4. The number of nitrogens with zero attached hydrogens (tertiary/aromatic N) is 5. The number of carbonyl (C=O) groups excluding carboxylic acids is 1. The molecule has 0 spiro atoms. The molecule has 3 unspecified atom stereocenters. The van der Waals surface area contributed by atoms with Gasteiger partial charge in [0.15, 0.2) is 5.69 Å². The summed E-state index contributed by atoms with van der Waals surface area (Å²) in [4.78, 5) is 17.0. The maximum atomic E-state index is 13.0. The van der Waals surface area contributed by atoms with Crippen molar-refractivity contribution in [3.63, 3.8) is 0 Å². The topological polar surface area (TPSA) is 97.4 Å². The summed E-state index contributed by atoms with van der Waals surface area (Å²) in [7, 11) is 0. The van der Waals surface area contributed by atoms with Gasteiger partial charge in [-0.1, -0.05) is 17.7 Å². The van der Waals surface area contributed by atoms with Crippen LogP contribution in [0.1, 0.15) is 31.5 Å². The number of nitrogens with one attached hydrogen (secondary N) is 1. The predicted molar refractivity (Wildman–Crippen MR) is 141 cm³/mol. The van der Waals surface area contributed by atoms with E-state index in [1.807, 2.05) is 52.9 Å². The number of amides is 1. The molecule has 3 aliphatic rings. The summed E-state index contributed by atoms with van der Waals surface area (Å²) >= 11 is 12.7. The molecule has 1 aromatic heterocycles. The van der Waals surface area contributed by atoms with Crippen LogP contribution >= 0.6 is 23.2 Å². The van der Waals surface area contributed by atoms with Crippen LogP contribution in [0, 0.1) is 17.2 Å². The van der Waals surface area contributed by atoms with Crippen molar-refractivity contribution < 1.29 is 9.90 Å². The lowest BCUT2D eigenvalue weighted by Crippen LogP contribution is -2.59. The highest BCUT2D eigenvalue weighted by Gasteiger charge is 2.35. The van der Waals surface area contributed by atoms with Crippen molar-refractivity contribution in [3.8, 4) is 6.07 Å². The minimum atomic E-state index is -0.282. The number of fused-ring (bicyclic) bond motifs is 1. The quantitative estimate of drug-likeness (QED) is 0.578. The van der Waals surface area contributed by atoms with Gasteiger partial charge in [0.2, 0.25) is 5.91 Å². The third-order valence-electron chi connectivity index (χ3n) is 7.60. The first-order valence-electron chi connectivity index (χ1n) is 12.4. The third kappa shape index (κ3) is 4.61. The number of piperazine rings is 1. The normalized spacial score (nSPS) is 27.2. The molecule has 2 fully saturated rings. The van der Waals surface area contributed by atoms with E-state index in [1.165, 1.54) is 0 Å². The summed E-state index contributed by atoms with van der Waals surface area (Å²) in [6, 6.07) is 7.64. The number of benzene rings is 1. The number of alkyl halides is 1. The lowest BCUT2D eigenvalue weighted by Gasteiger charge is -2.42. The van der Waals surface area contributed by atoms with E-state index < -0.39 is 0 Å². The van der Waals surface area contributed by atoms with Crippen molar-refractivity contribution in [3.05, 3.63) is 47.2 Å². The Morgan fingerprint density at radius 2 is 2.22 bits per heavy atom. The lowest BCUT2D eigenvalue weighted by molar-refractivity contribution is -0.136. The second kappa shape index (κ2) is 10.4. The Hall–Kier alpha value is -2.57. The molecule has 190 valence electrons. The minimum absolute atomic E-state index is 0.0370. The molecule has 1 amide bonds. The van der Waals surface area contributed by atoms with Crippen molar-refractivity contribution in [1.29, 1.82) is 5.26 Å². The Morgan fingerprint density at radius 1 is 1.39 bits per heavy atom. The van der Waals surface area contributed by atoms with E-state index in [4.69, 9.17) is 23.2 Å². The van der Waals surface area contributed by atoms with Crippen LogP contribution in [0.25, 0.3) is 10.9 Å². The fourth-order valence-corrected chi connectivity index (χ4v) is 6.27. The van der Waals surface area contributed by atoms with Crippen LogP contribution in [0.4, 0.5) is 5.69 Å². The maximum absolute atomic E-state index is 13.0. The van der Waals surface area contributed by atoms with Gasteiger partial charge in [-0.25, -0.2) is 0 Å². The average molecular weight is 529 g/mol. The smallest absolute Gasteiger partial charge is 0.240 e. The monoisotopic (exact) mass is 528 g/mol. The van der Waals surface area contributed by atoms with E-state index >= 15 is 0 Å². The SMILES string of the molecule is C[C@H](C1C=CC(Cl)=CC1Cl)n1nc(C#N)c2ccc(N3CCN(C(=O)C4CCCN4)[C@H](CO)C3)cc21. The Kier molecular flexibility index (Phi) is 7.27. The maximum Gasteiger partial charge on any atom is 0.240 e. The van der Waals surface area contributed by atoms with E-state index in [9.17, 15) is 15.2 Å². The van der Waals surface area contributed by atoms with E-state index in [2.05, 4.69) is 21.4 Å². The number of aromatic nitrogens is 2. The van der Waals surface area contributed by atoms with Crippen LogP contribution in [0.5, 0.6) is 0 Å². The van der Waals surface area contributed by atoms with Gasteiger partial charge < -0.3 is 20.2 Å². The van der Waals surface area contributed by atoms with Crippen molar-refractivity contribution in [2.75, 3.05) is 37.7 Å². The molecule has 2 aromatic rings. The third-order valence-corrected chi connectivity index (χ3v) is 8.27. The average Bonchev–Trinajstić information content (AvgIpc) is 3.55. The summed E-state index contributed by atoms with van der Waals surface area (Å²) in [5.74, 6) is 0.0440. The highest BCUT2D eigenvalue weighted by atomic mass is 35.5. The molecule has 2 N–H and O–H groups in total. The van der Waals surface area contributed by atoms with Gasteiger partial charge in [0, 0.05) is 41.7 Å². The zero-order valence-corrected chi connectivity index (χ0v) is 21.7. The standard InChI is InChI=1S/C26H30Cl2N6O2/c1-16(20-6-4-17(27)11-22(20)28)34-25-12-18(5-7-21(25)24(13-29)31-34)32-9-10-33(19(14-32)15-35)26(36)23-3-2-8-30-23/h4-7,11-12,16,19-20,22-23,30,35H,2-3,8-10,14-15H2,1H3/t16-,19+,20?,22?,23?/m1/s1. The molecule has 1 aromatic carbocycles. The minimum Gasteiger partial charge on any atom is -0.394 e. The molecular weight excluding hydrogens is 499 g/mol. The van der Waals surface area contributed by atoms with Gasteiger partial charge in [-0.05, 0) is 56.7 Å². The molecule has 5 rings (SSSR count). The molecule has 3 heterocycles. The molecule has 1 aliphatic carbocycles. The predicted octanol–water partition coefficient (Wildman–Crippen LogP) is 3.15. The second-order valence-corrected chi connectivity index (χ2v) is 10.7. The number of halogens is 2. The van der Waals surface area contributed by atoms with Gasteiger partial charge in [-0.2, -0.15) is 10.4 Å². The summed E-state index contributed by atoms with van der Waals surface area (Å²) in [6.45, 7) is 4.56. The second-order valence-electron chi connectivity index (χ2n) is 9.74. The van der Waals surface area contributed by atoms with Crippen molar-refractivity contribution in [1.82, 2.24) is 20.0 Å². The molecule has 5 atom stereocenters. The number of aliphatic hydroxyl groups excluding tert-OH is 1. The molecular formula is C26H30Cl2N6O2. The van der Waals surface area contributed by atoms with Crippen molar-refractivity contribution in [2.45, 2.75) is 43.3 Å². The number of hydrogen-bond acceptors (Lipinski definition) is 6. The number of carbonyl (C=O) groups is 1. The van der Waals surface area contributed by atoms with Crippen molar-refractivity contribution in [2.24, 2.45) is 5.92 Å². The molecule has 0 saturated carbocycles. The van der Waals surface area contributed by atoms with Crippen LogP contribution in [0.3, 0.4) is 0 Å². The van der Waals surface area contributed by atoms with Crippen LogP contribution in [0.15, 0.2) is 41.5 Å². The first-order valence-corrected chi connectivity index (χ1v) is 13.2. The Labute approximate surface area is 220 Å². The highest BCUT2D eigenvalue weighted by Crippen LogP contribution is 2.35. The zero-order valence-electron chi connectivity index (χ0n) is 20.1. The van der Waals surface area contributed by atoms with Gasteiger partial charge in [0.1, 0.15) is 6.07 Å². The summed E-state index contributed by atoms with van der Waals surface area (Å²) in [6.07, 6.45) is 7.51. The highest BCUT2D eigenvalue weighted by molar-refractivity contribution is 6.32. The largest absolute Gasteiger partial charge is 0.394 e. The number of hydrogen-bond donors (Lipinski definition) is 2. The number of nitriles is 1. The molecule has 2 saturated heterocycles. The van der Waals surface area contributed by atoms with E-state index in [-0.39, 0.29) is 41.9 Å². The van der Waals surface area contributed by atoms with Gasteiger partial charge >= 0.3 is 0 Å². The molecule has 0 bridgehead atoms. The number of anilines is 1. The Balaban J connectivity index is 1.41. The van der Waals surface area contributed by atoms with Crippen LogP contribution in [-0.4, -0.2) is 75.9 Å². The molecule has 8 nitrogen and oxygen atoms in total. The first kappa shape index (κ1) is 25.1. The summed E-state index contributed by atoms with van der Waals surface area (Å²) in [5.41, 5.74) is 2.19. The van der Waals surface area contributed by atoms with Gasteiger partial charge in [-0.15, -0.1) is 11.6 Å². The molecule has 36 heavy (non-hydrogen) atoms. The van der Waals surface area contributed by atoms with E-state index in [1.54, 1.807) is 0 Å². The summed E-state index contributed by atoms with van der Waals surface area (Å²) < 4.78 is 1.88. The van der Waals surface area contributed by atoms with E-state index in [0.717, 1.165) is 36.0 Å². The molecule has 0 radical (unpaired) electrons. The number of allylic oxidation sites excluding steroid dienone is 4. The summed E-state index contributed by atoms with van der Waals surface area (Å²) in [5, 5.41) is 28.8. The molecule has 10 heteroatoms. The number of rotatable bonds is 5. The Bertz CT molecular complexity index is 1250. The van der Waals surface area contributed by atoms with Crippen LogP contribution in [-0.2, 0) is 4.79 Å². The molecule has 2 aliphatic heterocycles.